The Morgan fingerprint density at radius 1 is 1.50 bits per heavy atom. The minimum atomic E-state index is -0.616. The van der Waals surface area contributed by atoms with Crippen LogP contribution in [0.15, 0.2) is 18.2 Å². The second-order valence-corrected chi connectivity index (χ2v) is 5.43. The van der Waals surface area contributed by atoms with Crippen molar-refractivity contribution in [2.75, 3.05) is 7.11 Å². The Kier molecular flexibility index (Phi) is 5.02. The summed E-state index contributed by atoms with van der Waals surface area (Å²) in [6.07, 6.45) is 0.154. The molecule has 0 aliphatic carbocycles. The van der Waals surface area contributed by atoms with Gasteiger partial charge in [-0.15, -0.1) is 0 Å². The monoisotopic (exact) mass is 289 g/mol. The molecule has 0 bridgehead atoms. The molecule has 0 heterocycles. The van der Waals surface area contributed by atoms with Crippen LogP contribution in [0.3, 0.4) is 0 Å². The van der Waals surface area contributed by atoms with Gasteiger partial charge in [0.15, 0.2) is 0 Å². The summed E-state index contributed by atoms with van der Waals surface area (Å²) in [6, 6.07) is 4.88. The van der Waals surface area contributed by atoms with Gasteiger partial charge in [0.1, 0.15) is 0 Å². The Bertz CT molecular complexity index is 449. The average Bonchev–Trinajstić information content (AvgIpc) is 2.31. The van der Waals surface area contributed by atoms with Gasteiger partial charge in [0, 0.05) is 21.5 Å². The number of carbonyl (C=O) groups is 1. The zero-order valence-electron chi connectivity index (χ0n) is 10.7. The van der Waals surface area contributed by atoms with E-state index < -0.39 is 5.41 Å². The van der Waals surface area contributed by atoms with E-state index in [0.29, 0.717) is 10.0 Å². The first kappa shape index (κ1) is 15.3. The van der Waals surface area contributed by atoms with Gasteiger partial charge in [-0.1, -0.05) is 30.1 Å². The number of methoxy groups -OCH3 is 1. The minimum absolute atomic E-state index is 0.154. The second kappa shape index (κ2) is 5.91. The van der Waals surface area contributed by atoms with Crippen molar-refractivity contribution in [3.05, 3.63) is 33.8 Å². The third-order valence-electron chi connectivity index (χ3n) is 3.29. The number of nitrogens with two attached hydrogens (primary N) is 1. The van der Waals surface area contributed by atoms with Crippen LogP contribution in [-0.4, -0.2) is 19.1 Å². The molecule has 2 atom stereocenters. The molecule has 2 unspecified atom stereocenters. The Morgan fingerprint density at radius 2 is 2.11 bits per heavy atom. The fourth-order valence-electron chi connectivity index (χ4n) is 1.81. The number of carbonyl (C=O) groups excluding carboxylic acids is 1. The van der Waals surface area contributed by atoms with E-state index in [1.165, 1.54) is 7.11 Å². The van der Waals surface area contributed by atoms with Crippen LogP contribution in [0.5, 0.6) is 0 Å². The highest BCUT2D eigenvalue weighted by atomic mass is 35.5. The molecular formula is C13H17Cl2NO2. The maximum absolute atomic E-state index is 11.5. The van der Waals surface area contributed by atoms with Crippen LogP contribution in [0.2, 0.25) is 10.0 Å². The largest absolute Gasteiger partial charge is 0.469 e. The van der Waals surface area contributed by atoms with Crippen molar-refractivity contribution < 1.29 is 9.53 Å². The highest BCUT2D eigenvalue weighted by Crippen LogP contribution is 2.37. The zero-order chi connectivity index (χ0) is 13.9. The summed E-state index contributed by atoms with van der Waals surface area (Å²) >= 11 is 12.2. The first-order chi connectivity index (χ1) is 8.31. The van der Waals surface area contributed by atoms with Gasteiger partial charge in [0.2, 0.25) is 0 Å². The lowest BCUT2D eigenvalue weighted by atomic mass is 9.74. The molecule has 1 rings (SSSR count). The van der Waals surface area contributed by atoms with Crippen LogP contribution >= 0.6 is 23.2 Å². The quantitative estimate of drug-likeness (QED) is 0.867. The fraction of sp³-hybridized carbons (Fsp3) is 0.462. The van der Waals surface area contributed by atoms with Crippen molar-refractivity contribution in [3.63, 3.8) is 0 Å². The predicted octanol–water partition coefficient (Wildman–Crippen LogP) is 3.16. The van der Waals surface area contributed by atoms with E-state index in [-0.39, 0.29) is 18.4 Å². The fourth-order valence-corrected chi connectivity index (χ4v) is 2.31. The number of hydrogen-bond acceptors (Lipinski definition) is 3. The average molecular weight is 290 g/mol. The van der Waals surface area contributed by atoms with Gasteiger partial charge in [0.05, 0.1) is 13.5 Å². The molecule has 0 saturated heterocycles. The summed E-state index contributed by atoms with van der Waals surface area (Å²) in [4.78, 5) is 11.5. The summed E-state index contributed by atoms with van der Waals surface area (Å²) in [5.74, 6) is -0.328. The molecule has 1 aromatic rings. The van der Waals surface area contributed by atoms with Crippen LogP contribution in [0.4, 0.5) is 0 Å². The summed E-state index contributed by atoms with van der Waals surface area (Å²) in [7, 11) is 1.35. The van der Waals surface area contributed by atoms with Crippen LogP contribution in [-0.2, 0) is 14.9 Å². The molecule has 100 valence electrons. The van der Waals surface area contributed by atoms with Crippen LogP contribution in [0.25, 0.3) is 0 Å². The highest BCUT2D eigenvalue weighted by Gasteiger charge is 2.35. The molecule has 0 aliphatic rings. The number of ether oxygens (including phenoxy) is 1. The molecule has 0 spiro atoms. The lowest BCUT2D eigenvalue weighted by Crippen LogP contribution is -2.43. The van der Waals surface area contributed by atoms with E-state index in [2.05, 4.69) is 0 Å². The van der Waals surface area contributed by atoms with Crippen molar-refractivity contribution in [2.24, 2.45) is 5.73 Å². The maximum atomic E-state index is 11.5. The summed E-state index contributed by atoms with van der Waals surface area (Å²) < 4.78 is 4.72. The first-order valence-electron chi connectivity index (χ1n) is 5.59. The first-order valence-corrected chi connectivity index (χ1v) is 6.34. The number of halogens is 2. The highest BCUT2D eigenvalue weighted by molar-refractivity contribution is 6.33. The maximum Gasteiger partial charge on any atom is 0.306 e. The molecule has 2 N–H and O–H groups in total. The summed E-state index contributed by atoms with van der Waals surface area (Å²) in [6.45, 7) is 3.71. The van der Waals surface area contributed by atoms with Crippen molar-refractivity contribution in [1.82, 2.24) is 0 Å². The third kappa shape index (κ3) is 3.16. The number of hydrogen-bond donors (Lipinski definition) is 1. The van der Waals surface area contributed by atoms with Gasteiger partial charge in [-0.2, -0.15) is 0 Å². The second-order valence-electron chi connectivity index (χ2n) is 4.58. The third-order valence-corrected chi connectivity index (χ3v) is 3.85. The zero-order valence-corrected chi connectivity index (χ0v) is 12.2. The number of benzene rings is 1. The SMILES string of the molecule is COC(=O)CC(C)(c1cc(Cl)ccc1Cl)C(C)N. The van der Waals surface area contributed by atoms with E-state index in [4.69, 9.17) is 33.7 Å². The van der Waals surface area contributed by atoms with Crippen LogP contribution < -0.4 is 5.73 Å². The molecule has 0 aliphatic heterocycles. The van der Waals surface area contributed by atoms with Gasteiger partial charge in [-0.05, 0) is 30.7 Å². The van der Waals surface area contributed by atoms with Gasteiger partial charge < -0.3 is 10.5 Å². The lowest BCUT2D eigenvalue weighted by Gasteiger charge is -2.34. The smallest absolute Gasteiger partial charge is 0.306 e. The van der Waals surface area contributed by atoms with Crippen molar-refractivity contribution in [2.45, 2.75) is 31.7 Å². The molecule has 5 heteroatoms. The Morgan fingerprint density at radius 3 is 2.61 bits per heavy atom. The summed E-state index contributed by atoms with van der Waals surface area (Å²) in [5.41, 5.74) is 6.16. The van der Waals surface area contributed by atoms with E-state index in [1.807, 2.05) is 13.8 Å². The van der Waals surface area contributed by atoms with Gasteiger partial charge in [-0.3, -0.25) is 4.79 Å². The van der Waals surface area contributed by atoms with E-state index >= 15 is 0 Å². The van der Waals surface area contributed by atoms with Crippen LogP contribution in [0.1, 0.15) is 25.8 Å². The molecule has 0 fully saturated rings. The number of esters is 1. The molecular weight excluding hydrogens is 273 g/mol. The van der Waals surface area contributed by atoms with E-state index in [1.54, 1.807) is 18.2 Å². The Labute approximate surface area is 117 Å². The van der Waals surface area contributed by atoms with Crippen molar-refractivity contribution in [3.8, 4) is 0 Å². The van der Waals surface area contributed by atoms with E-state index in [0.717, 1.165) is 5.56 Å². The van der Waals surface area contributed by atoms with Crippen molar-refractivity contribution in [1.29, 1.82) is 0 Å². The molecule has 3 nitrogen and oxygen atoms in total. The molecule has 18 heavy (non-hydrogen) atoms. The van der Waals surface area contributed by atoms with Crippen molar-refractivity contribution >= 4 is 29.2 Å². The Balaban J connectivity index is 3.26. The number of rotatable bonds is 4. The normalized spacial score (nSPS) is 15.9. The predicted molar refractivity (Wildman–Crippen MR) is 74.1 cm³/mol. The van der Waals surface area contributed by atoms with Gasteiger partial charge in [-0.25, -0.2) is 0 Å². The van der Waals surface area contributed by atoms with Gasteiger partial charge >= 0.3 is 5.97 Å². The minimum Gasteiger partial charge on any atom is -0.469 e. The molecule has 1 aromatic carbocycles. The topological polar surface area (TPSA) is 52.3 Å². The molecule has 0 aromatic heterocycles. The molecule has 0 radical (unpaired) electrons. The van der Waals surface area contributed by atoms with E-state index in [9.17, 15) is 4.79 Å². The lowest BCUT2D eigenvalue weighted by molar-refractivity contribution is -0.142. The molecule has 0 amide bonds. The molecule has 0 saturated carbocycles. The summed E-state index contributed by atoms with van der Waals surface area (Å²) in [5, 5.41) is 1.11. The van der Waals surface area contributed by atoms with Gasteiger partial charge in [0.25, 0.3) is 0 Å². The van der Waals surface area contributed by atoms with Crippen LogP contribution in [0, 0.1) is 0 Å². The standard InChI is InChI=1S/C13H17Cl2NO2/c1-8(16)13(2,7-12(17)18-3)10-6-9(14)4-5-11(10)15/h4-6,8H,7,16H2,1-3H3. The Hall–Kier alpha value is -0.770.